The van der Waals surface area contributed by atoms with Crippen LogP contribution in [-0.2, 0) is 6.42 Å². The molecule has 0 aliphatic heterocycles. The first-order chi connectivity index (χ1) is 9.25. The molecular weight excluding hydrogens is 278 g/mol. The van der Waals surface area contributed by atoms with Crippen molar-refractivity contribution in [1.82, 2.24) is 5.32 Å². The Hall–Kier alpha value is -1.03. The van der Waals surface area contributed by atoms with Crippen molar-refractivity contribution in [2.24, 2.45) is 0 Å². The summed E-state index contributed by atoms with van der Waals surface area (Å²) in [5.74, 6) is 0.868. The minimum absolute atomic E-state index is 0.658. The van der Waals surface area contributed by atoms with Gasteiger partial charge in [-0.05, 0) is 60.0 Å². The normalized spacial score (nSPS) is 10.6. The fraction of sp³-hybridized carbons (Fsp3) is 0.333. The van der Waals surface area contributed by atoms with E-state index >= 15 is 0 Å². The average molecular weight is 296 g/mol. The number of hydrogen-bond donors (Lipinski definition) is 1. The molecule has 0 unspecified atom stereocenters. The zero-order chi connectivity index (χ0) is 13.5. The maximum absolute atomic E-state index is 5.94. The van der Waals surface area contributed by atoms with Crippen LogP contribution in [0.3, 0.4) is 0 Å². The van der Waals surface area contributed by atoms with E-state index in [1.54, 1.807) is 11.3 Å². The van der Waals surface area contributed by atoms with Gasteiger partial charge in [0.05, 0.1) is 0 Å². The lowest BCUT2D eigenvalue weighted by Crippen LogP contribution is -2.23. The number of benzene rings is 1. The van der Waals surface area contributed by atoms with Gasteiger partial charge in [-0.3, -0.25) is 0 Å². The summed E-state index contributed by atoms with van der Waals surface area (Å²) in [7, 11) is 0. The van der Waals surface area contributed by atoms with Gasteiger partial charge in [-0.15, -0.1) is 0 Å². The summed E-state index contributed by atoms with van der Waals surface area (Å²) in [5.41, 5.74) is 2.51. The first-order valence-corrected chi connectivity index (χ1v) is 7.68. The van der Waals surface area contributed by atoms with E-state index in [-0.39, 0.29) is 0 Å². The van der Waals surface area contributed by atoms with E-state index in [4.69, 9.17) is 16.3 Å². The monoisotopic (exact) mass is 295 g/mol. The SMILES string of the molecule is Cc1ccc(Cl)cc1OCCNCCc1ccsc1. The van der Waals surface area contributed by atoms with Crippen LogP contribution in [-0.4, -0.2) is 19.7 Å². The van der Waals surface area contributed by atoms with Gasteiger partial charge >= 0.3 is 0 Å². The molecular formula is C15H18ClNOS. The maximum atomic E-state index is 5.94. The third-order valence-corrected chi connectivity index (χ3v) is 3.82. The Bertz CT molecular complexity index is 499. The van der Waals surface area contributed by atoms with Gasteiger partial charge in [-0.25, -0.2) is 0 Å². The molecule has 0 atom stereocenters. The van der Waals surface area contributed by atoms with E-state index in [0.717, 1.165) is 30.8 Å². The lowest BCUT2D eigenvalue weighted by atomic mass is 10.2. The molecule has 0 fully saturated rings. The number of nitrogens with one attached hydrogen (secondary N) is 1. The molecule has 0 aliphatic carbocycles. The number of ether oxygens (including phenoxy) is 1. The molecule has 0 radical (unpaired) electrons. The number of thiophene rings is 1. The van der Waals surface area contributed by atoms with Crippen molar-refractivity contribution < 1.29 is 4.74 Å². The fourth-order valence-electron chi connectivity index (χ4n) is 1.76. The summed E-state index contributed by atoms with van der Waals surface area (Å²) < 4.78 is 5.71. The van der Waals surface area contributed by atoms with E-state index < -0.39 is 0 Å². The van der Waals surface area contributed by atoms with Crippen molar-refractivity contribution in [3.05, 3.63) is 51.2 Å². The quantitative estimate of drug-likeness (QED) is 0.782. The van der Waals surface area contributed by atoms with Gasteiger partial charge in [-0.2, -0.15) is 11.3 Å². The molecule has 1 aromatic heterocycles. The van der Waals surface area contributed by atoms with E-state index in [2.05, 4.69) is 22.1 Å². The molecule has 4 heteroatoms. The highest BCUT2D eigenvalue weighted by Crippen LogP contribution is 2.22. The Balaban J connectivity index is 1.62. The smallest absolute Gasteiger partial charge is 0.123 e. The predicted molar refractivity (Wildman–Crippen MR) is 82.6 cm³/mol. The van der Waals surface area contributed by atoms with Crippen molar-refractivity contribution in [1.29, 1.82) is 0 Å². The summed E-state index contributed by atoms with van der Waals surface area (Å²) >= 11 is 7.68. The van der Waals surface area contributed by atoms with Crippen LogP contribution in [0.1, 0.15) is 11.1 Å². The highest BCUT2D eigenvalue weighted by molar-refractivity contribution is 7.07. The summed E-state index contributed by atoms with van der Waals surface area (Å²) in [6.07, 6.45) is 1.07. The second kappa shape index (κ2) is 7.53. The minimum atomic E-state index is 0.658. The van der Waals surface area contributed by atoms with Crippen LogP contribution in [0.5, 0.6) is 5.75 Å². The molecule has 1 heterocycles. The Morgan fingerprint density at radius 1 is 1.26 bits per heavy atom. The highest BCUT2D eigenvalue weighted by Gasteiger charge is 2.00. The molecule has 2 rings (SSSR count). The van der Waals surface area contributed by atoms with Gasteiger partial charge < -0.3 is 10.1 Å². The molecule has 19 heavy (non-hydrogen) atoms. The van der Waals surface area contributed by atoms with Gasteiger partial charge in [0.2, 0.25) is 0 Å². The highest BCUT2D eigenvalue weighted by atomic mass is 35.5. The standard InChI is InChI=1S/C15H18ClNOS/c1-12-2-3-14(16)10-15(12)18-8-7-17-6-4-13-5-9-19-11-13/h2-3,5,9-11,17H,4,6-8H2,1H3. The molecule has 2 aromatic rings. The third kappa shape index (κ3) is 4.86. The fourth-order valence-corrected chi connectivity index (χ4v) is 2.62. The molecule has 0 saturated carbocycles. The summed E-state index contributed by atoms with van der Waals surface area (Å²) in [6, 6.07) is 7.88. The van der Waals surface area contributed by atoms with E-state index in [1.165, 1.54) is 5.56 Å². The first-order valence-electron chi connectivity index (χ1n) is 6.36. The van der Waals surface area contributed by atoms with Gasteiger partial charge in [0.25, 0.3) is 0 Å². The van der Waals surface area contributed by atoms with Gasteiger partial charge in [0.15, 0.2) is 0 Å². The summed E-state index contributed by atoms with van der Waals surface area (Å²) in [4.78, 5) is 0. The predicted octanol–water partition coefficient (Wildman–Crippen LogP) is 3.92. The second-order valence-corrected chi connectivity index (χ2v) is 5.61. The Labute approximate surface area is 123 Å². The van der Waals surface area contributed by atoms with Crippen LogP contribution in [0.2, 0.25) is 5.02 Å². The Morgan fingerprint density at radius 2 is 2.16 bits per heavy atom. The third-order valence-electron chi connectivity index (χ3n) is 2.86. The van der Waals surface area contributed by atoms with E-state index in [9.17, 15) is 0 Å². The number of aryl methyl sites for hydroxylation is 1. The molecule has 102 valence electrons. The van der Waals surface area contributed by atoms with E-state index in [0.29, 0.717) is 11.6 Å². The first kappa shape index (κ1) is 14.4. The second-order valence-electron chi connectivity index (χ2n) is 4.39. The van der Waals surface area contributed by atoms with Gasteiger partial charge in [0, 0.05) is 11.6 Å². The molecule has 0 saturated heterocycles. The molecule has 0 spiro atoms. The lowest BCUT2D eigenvalue weighted by Gasteiger charge is -2.10. The van der Waals surface area contributed by atoms with Crippen molar-refractivity contribution in [2.75, 3.05) is 19.7 Å². The van der Waals surface area contributed by atoms with Crippen molar-refractivity contribution in [2.45, 2.75) is 13.3 Å². The molecule has 0 aliphatic rings. The van der Waals surface area contributed by atoms with Crippen LogP contribution in [0, 0.1) is 6.92 Å². The van der Waals surface area contributed by atoms with Crippen LogP contribution >= 0.6 is 22.9 Å². The lowest BCUT2D eigenvalue weighted by molar-refractivity contribution is 0.312. The zero-order valence-corrected chi connectivity index (χ0v) is 12.6. The topological polar surface area (TPSA) is 21.3 Å². The molecule has 0 bridgehead atoms. The Morgan fingerprint density at radius 3 is 2.95 bits per heavy atom. The van der Waals surface area contributed by atoms with Gasteiger partial charge in [-0.1, -0.05) is 17.7 Å². The number of rotatable bonds is 7. The maximum Gasteiger partial charge on any atom is 0.123 e. The molecule has 2 nitrogen and oxygen atoms in total. The van der Waals surface area contributed by atoms with Crippen LogP contribution in [0.4, 0.5) is 0 Å². The minimum Gasteiger partial charge on any atom is -0.492 e. The number of hydrogen-bond acceptors (Lipinski definition) is 3. The van der Waals surface area contributed by atoms with Crippen LogP contribution < -0.4 is 10.1 Å². The molecule has 1 aromatic carbocycles. The van der Waals surface area contributed by atoms with E-state index in [1.807, 2.05) is 25.1 Å². The zero-order valence-electron chi connectivity index (χ0n) is 11.0. The van der Waals surface area contributed by atoms with Crippen molar-refractivity contribution in [3.63, 3.8) is 0 Å². The van der Waals surface area contributed by atoms with Crippen molar-refractivity contribution >= 4 is 22.9 Å². The number of halogens is 1. The average Bonchev–Trinajstić information content (AvgIpc) is 2.90. The Kier molecular flexibility index (Phi) is 5.70. The molecule has 0 amide bonds. The van der Waals surface area contributed by atoms with Crippen LogP contribution in [0.15, 0.2) is 35.0 Å². The van der Waals surface area contributed by atoms with Crippen molar-refractivity contribution in [3.8, 4) is 5.75 Å². The summed E-state index contributed by atoms with van der Waals surface area (Å²) in [6.45, 7) is 4.51. The molecule has 1 N–H and O–H groups in total. The van der Waals surface area contributed by atoms with Crippen LogP contribution in [0.25, 0.3) is 0 Å². The largest absolute Gasteiger partial charge is 0.492 e. The summed E-state index contributed by atoms with van der Waals surface area (Å²) in [5, 5.41) is 8.39. The van der Waals surface area contributed by atoms with Gasteiger partial charge in [0.1, 0.15) is 12.4 Å².